The fourth-order valence-corrected chi connectivity index (χ4v) is 1.41. The van der Waals surface area contributed by atoms with Crippen molar-refractivity contribution in [3.8, 4) is 5.75 Å². The van der Waals surface area contributed by atoms with Crippen molar-refractivity contribution in [3.63, 3.8) is 0 Å². The molecule has 0 aromatic heterocycles. The summed E-state index contributed by atoms with van der Waals surface area (Å²) in [6.07, 6.45) is -2.34. The molecule has 0 heterocycles. The fraction of sp³-hybridized carbons (Fsp3) is 0.364. The number of hydrogen-bond donors (Lipinski definition) is 5. The Balaban J connectivity index is 2.69. The van der Waals surface area contributed by atoms with E-state index in [1.54, 1.807) is 24.3 Å². The summed E-state index contributed by atoms with van der Waals surface area (Å²) in [5.74, 6) is 0.642. The maximum absolute atomic E-state index is 10.3. The Kier molecular flexibility index (Phi) is 5.37. The molecule has 1 rings (SSSR count). The highest BCUT2D eigenvalue weighted by molar-refractivity contribution is 5.63. The van der Waals surface area contributed by atoms with Crippen molar-refractivity contribution in [2.24, 2.45) is 0 Å². The summed E-state index contributed by atoms with van der Waals surface area (Å²) in [4.78, 5) is 10.3. The molecule has 0 aliphatic carbocycles. The minimum absolute atomic E-state index is 0.423. The van der Waals surface area contributed by atoms with Crippen LogP contribution in [-0.2, 0) is 0 Å². The van der Waals surface area contributed by atoms with Crippen molar-refractivity contribution >= 4 is 6.09 Å². The quantitative estimate of drug-likeness (QED) is 0.453. The Hall–Kier alpha value is -1.83. The van der Waals surface area contributed by atoms with Crippen molar-refractivity contribution in [1.29, 1.82) is 0 Å². The standard InChI is InChI=1S/C11H16N2O5/c1-18-8-4-2-7(3-5-8)10(15)9(6-14)12-13-11(16)17/h2-5,9-10,12-15H,6H2,1H3,(H,16,17). The minimum atomic E-state index is -1.30. The third kappa shape index (κ3) is 3.88. The number of aliphatic hydroxyl groups excluding tert-OH is 2. The number of ether oxygens (including phenoxy) is 1. The minimum Gasteiger partial charge on any atom is -0.497 e. The van der Waals surface area contributed by atoms with Crippen LogP contribution < -0.4 is 15.6 Å². The lowest BCUT2D eigenvalue weighted by Gasteiger charge is -2.22. The number of nitrogens with one attached hydrogen (secondary N) is 2. The second-order valence-electron chi connectivity index (χ2n) is 3.58. The molecule has 1 aromatic carbocycles. The Labute approximate surface area is 104 Å². The molecule has 0 spiro atoms. The first-order valence-corrected chi connectivity index (χ1v) is 5.25. The van der Waals surface area contributed by atoms with Crippen molar-refractivity contribution in [2.75, 3.05) is 13.7 Å². The highest BCUT2D eigenvalue weighted by Gasteiger charge is 2.20. The van der Waals surface area contributed by atoms with Crippen LogP contribution in [0.4, 0.5) is 4.79 Å². The SMILES string of the molecule is COc1ccc(C(O)C(CO)NNC(=O)O)cc1. The molecule has 0 bridgehead atoms. The molecule has 0 saturated heterocycles. The Morgan fingerprint density at radius 1 is 1.39 bits per heavy atom. The van der Waals surface area contributed by atoms with Gasteiger partial charge in [-0.05, 0) is 17.7 Å². The summed E-state index contributed by atoms with van der Waals surface area (Å²) < 4.78 is 4.98. The van der Waals surface area contributed by atoms with Gasteiger partial charge in [-0.15, -0.1) is 0 Å². The van der Waals surface area contributed by atoms with E-state index in [1.165, 1.54) is 7.11 Å². The summed E-state index contributed by atoms with van der Waals surface area (Å²) in [7, 11) is 1.53. The van der Waals surface area contributed by atoms with Crippen LogP contribution in [0.15, 0.2) is 24.3 Å². The van der Waals surface area contributed by atoms with E-state index in [0.29, 0.717) is 11.3 Å². The number of carbonyl (C=O) groups is 1. The monoisotopic (exact) mass is 256 g/mol. The molecule has 7 nitrogen and oxygen atoms in total. The molecule has 0 aliphatic rings. The predicted octanol–water partition coefficient (Wildman–Crippen LogP) is -0.138. The highest BCUT2D eigenvalue weighted by atomic mass is 16.5. The molecule has 7 heteroatoms. The van der Waals surface area contributed by atoms with Crippen molar-refractivity contribution in [2.45, 2.75) is 12.1 Å². The van der Waals surface area contributed by atoms with Gasteiger partial charge in [0.25, 0.3) is 0 Å². The smallest absolute Gasteiger partial charge is 0.419 e. The topological polar surface area (TPSA) is 111 Å². The van der Waals surface area contributed by atoms with Gasteiger partial charge in [0.2, 0.25) is 0 Å². The number of amides is 1. The van der Waals surface area contributed by atoms with Gasteiger partial charge in [0.1, 0.15) is 5.75 Å². The molecule has 1 aromatic rings. The predicted molar refractivity (Wildman–Crippen MR) is 63.1 cm³/mol. The van der Waals surface area contributed by atoms with Crippen LogP contribution in [-0.4, -0.2) is 41.2 Å². The summed E-state index contributed by atoms with van der Waals surface area (Å²) in [5, 5.41) is 27.5. The normalized spacial score (nSPS) is 13.7. The van der Waals surface area contributed by atoms with Crippen LogP contribution in [0.1, 0.15) is 11.7 Å². The van der Waals surface area contributed by atoms with Crippen LogP contribution in [0.25, 0.3) is 0 Å². The average molecular weight is 256 g/mol. The zero-order valence-electron chi connectivity index (χ0n) is 9.83. The molecule has 1 amide bonds. The van der Waals surface area contributed by atoms with Crippen LogP contribution in [0.2, 0.25) is 0 Å². The van der Waals surface area contributed by atoms with Gasteiger partial charge >= 0.3 is 6.09 Å². The van der Waals surface area contributed by atoms with Crippen LogP contribution in [0.3, 0.4) is 0 Å². The summed E-state index contributed by atoms with van der Waals surface area (Å²) in [5.41, 5.74) is 4.74. The lowest BCUT2D eigenvalue weighted by Crippen LogP contribution is -2.48. The van der Waals surface area contributed by atoms with Crippen LogP contribution >= 0.6 is 0 Å². The first kappa shape index (κ1) is 14.2. The molecule has 100 valence electrons. The zero-order valence-corrected chi connectivity index (χ0v) is 9.83. The maximum Gasteiger partial charge on any atom is 0.419 e. The van der Waals surface area contributed by atoms with E-state index < -0.39 is 24.8 Å². The molecule has 2 unspecified atom stereocenters. The number of benzene rings is 1. The van der Waals surface area contributed by atoms with Gasteiger partial charge in [0, 0.05) is 0 Å². The van der Waals surface area contributed by atoms with E-state index in [4.69, 9.17) is 14.9 Å². The van der Waals surface area contributed by atoms with Gasteiger partial charge in [-0.1, -0.05) is 12.1 Å². The van der Waals surface area contributed by atoms with Crippen molar-refractivity contribution < 1.29 is 24.9 Å². The molecule has 5 N–H and O–H groups in total. The summed E-state index contributed by atoms with van der Waals surface area (Å²) >= 11 is 0. The van der Waals surface area contributed by atoms with E-state index in [-0.39, 0.29) is 0 Å². The van der Waals surface area contributed by atoms with Gasteiger partial charge in [-0.25, -0.2) is 10.2 Å². The third-order valence-corrected chi connectivity index (χ3v) is 2.40. The number of carboxylic acid groups (broad SMARTS) is 1. The Morgan fingerprint density at radius 2 is 2.00 bits per heavy atom. The zero-order chi connectivity index (χ0) is 13.5. The maximum atomic E-state index is 10.3. The second-order valence-corrected chi connectivity index (χ2v) is 3.58. The first-order chi connectivity index (χ1) is 8.58. The van der Waals surface area contributed by atoms with Gasteiger partial charge < -0.3 is 20.1 Å². The molecule has 0 fully saturated rings. The van der Waals surface area contributed by atoms with Crippen LogP contribution in [0.5, 0.6) is 5.75 Å². The lowest BCUT2D eigenvalue weighted by atomic mass is 10.0. The summed E-state index contributed by atoms with van der Waals surface area (Å²) in [6.45, 7) is -0.423. The number of hydrazine groups is 1. The first-order valence-electron chi connectivity index (χ1n) is 5.25. The van der Waals surface area contributed by atoms with E-state index in [9.17, 15) is 9.90 Å². The lowest BCUT2D eigenvalue weighted by molar-refractivity contribution is 0.0811. The van der Waals surface area contributed by atoms with Crippen molar-refractivity contribution in [3.05, 3.63) is 29.8 Å². The van der Waals surface area contributed by atoms with E-state index in [2.05, 4.69) is 5.43 Å². The molecule has 0 saturated carbocycles. The van der Waals surface area contributed by atoms with Gasteiger partial charge in [-0.2, -0.15) is 0 Å². The van der Waals surface area contributed by atoms with Crippen LogP contribution in [0, 0.1) is 0 Å². The molecular weight excluding hydrogens is 240 g/mol. The molecule has 0 radical (unpaired) electrons. The van der Waals surface area contributed by atoms with Gasteiger partial charge in [0.05, 0.1) is 25.9 Å². The number of aliphatic hydroxyl groups is 2. The number of methoxy groups -OCH3 is 1. The van der Waals surface area contributed by atoms with Gasteiger partial charge in [-0.3, -0.25) is 5.43 Å². The second kappa shape index (κ2) is 6.80. The largest absolute Gasteiger partial charge is 0.497 e. The van der Waals surface area contributed by atoms with E-state index in [0.717, 1.165) is 0 Å². The molecule has 18 heavy (non-hydrogen) atoms. The van der Waals surface area contributed by atoms with E-state index >= 15 is 0 Å². The highest BCUT2D eigenvalue weighted by Crippen LogP contribution is 2.19. The molecular formula is C11H16N2O5. The Bertz CT molecular complexity index is 382. The third-order valence-electron chi connectivity index (χ3n) is 2.40. The Morgan fingerprint density at radius 3 is 2.44 bits per heavy atom. The average Bonchev–Trinajstić information content (AvgIpc) is 2.39. The summed E-state index contributed by atoms with van der Waals surface area (Å²) in [6, 6.07) is 5.76. The van der Waals surface area contributed by atoms with E-state index in [1.807, 2.05) is 5.43 Å². The fourth-order valence-electron chi connectivity index (χ4n) is 1.41. The molecule has 0 aliphatic heterocycles. The molecule has 2 atom stereocenters. The number of rotatable bonds is 6. The van der Waals surface area contributed by atoms with Gasteiger partial charge in [0.15, 0.2) is 0 Å². The number of hydrogen-bond acceptors (Lipinski definition) is 5. The van der Waals surface area contributed by atoms with Crippen molar-refractivity contribution in [1.82, 2.24) is 10.9 Å².